The van der Waals surface area contributed by atoms with Crippen LogP contribution in [0.4, 0.5) is 0 Å². The van der Waals surface area contributed by atoms with Gasteiger partial charge in [-0.1, -0.05) is 0 Å². The first-order chi connectivity index (χ1) is 6.39. The van der Waals surface area contributed by atoms with Gasteiger partial charge in [0.15, 0.2) is 0 Å². The lowest BCUT2D eigenvalue weighted by Crippen LogP contribution is -2.40. The van der Waals surface area contributed by atoms with Gasteiger partial charge in [0, 0.05) is 12.7 Å². The summed E-state index contributed by atoms with van der Waals surface area (Å²) in [6.45, 7) is -0.748. The van der Waals surface area contributed by atoms with Crippen molar-refractivity contribution < 1.29 is 23.4 Å². The zero-order valence-corrected chi connectivity index (χ0v) is 8.75. The predicted molar refractivity (Wildman–Crippen MR) is 50.4 cm³/mol. The molecule has 0 heterocycles. The number of carbonyl (C=O) groups excluding carboxylic acids is 1. The first-order valence-electron chi connectivity index (χ1n) is 4.08. The van der Waals surface area contributed by atoms with Gasteiger partial charge in [0.2, 0.25) is 5.91 Å². The minimum atomic E-state index is -3.15. The lowest BCUT2D eigenvalue weighted by atomic mass is 10.3. The first-order valence-corrected chi connectivity index (χ1v) is 6.14. The van der Waals surface area contributed by atoms with Crippen LogP contribution in [0.3, 0.4) is 0 Å². The molecule has 0 aliphatic carbocycles. The smallest absolute Gasteiger partial charge is 0.221 e. The van der Waals surface area contributed by atoms with E-state index in [0.29, 0.717) is 0 Å². The molecule has 0 radical (unpaired) electrons. The van der Waals surface area contributed by atoms with E-state index >= 15 is 0 Å². The number of carbonyl (C=O) groups is 1. The van der Waals surface area contributed by atoms with Crippen LogP contribution in [0.25, 0.3) is 0 Å². The van der Waals surface area contributed by atoms with Gasteiger partial charge in [0.1, 0.15) is 9.84 Å². The fraction of sp³-hybridized carbons (Fsp3) is 0.857. The molecule has 6 nitrogen and oxygen atoms in total. The summed E-state index contributed by atoms with van der Waals surface area (Å²) >= 11 is 0. The number of hydrogen-bond acceptors (Lipinski definition) is 5. The van der Waals surface area contributed by atoms with Crippen molar-refractivity contribution in [1.29, 1.82) is 0 Å². The maximum atomic E-state index is 11.0. The predicted octanol–water partition coefficient (Wildman–Crippen LogP) is -2.11. The summed E-state index contributed by atoms with van der Waals surface area (Å²) < 4.78 is 21.4. The molecule has 0 rings (SSSR count). The number of amides is 1. The highest BCUT2D eigenvalue weighted by Gasteiger charge is 2.12. The molecule has 7 heteroatoms. The highest BCUT2D eigenvalue weighted by Crippen LogP contribution is 1.90. The molecule has 1 amide bonds. The van der Waals surface area contributed by atoms with E-state index in [1.165, 1.54) is 0 Å². The Balaban J connectivity index is 3.87. The van der Waals surface area contributed by atoms with Crippen molar-refractivity contribution in [3.63, 3.8) is 0 Å². The standard InChI is InChI=1S/C7H15NO5S/c1-14(12,13)3-2-7(11)8-6(4-9)5-10/h6,9-10H,2-5H2,1H3,(H,8,11). The van der Waals surface area contributed by atoms with Crippen LogP contribution in [-0.4, -0.2) is 55.8 Å². The monoisotopic (exact) mass is 225 g/mol. The summed E-state index contributed by atoms with van der Waals surface area (Å²) in [5.74, 6) is -0.730. The summed E-state index contributed by atoms with van der Waals surface area (Å²) in [5, 5.41) is 19.5. The maximum Gasteiger partial charge on any atom is 0.221 e. The second kappa shape index (κ2) is 5.94. The molecule has 0 fully saturated rings. The second-order valence-corrected chi connectivity index (χ2v) is 5.27. The van der Waals surface area contributed by atoms with Crippen molar-refractivity contribution in [2.24, 2.45) is 0 Å². The molecule has 0 atom stereocenters. The van der Waals surface area contributed by atoms with E-state index in [-0.39, 0.29) is 25.4 Å². The van der Waals surface area contributed by atoms with E-state index < -0.39 is 21.8 Å². The molecule has 14 heavy (non-hydrogen) atoms. The highest BCUT2D eigenvalue weighted by molar-refractivity contribution is 7.90. The Hall–Kier alpha value is -0.660. The molecule has 0 aromatic rings. The fourth-order valence-corrected chi connectivity index (χ4v) is 1.28. The van der Waals surface area contributed by atoms with Gasteiger partial charge < -0.3 is 15.5 Å². The number of sulfone groups is 1. The summed E-state index contributed by atoms with van der Waals surface area (Å²) in [4.78, 5) is 11.0. The Labute approximate surface area is 82.9 Å². The zero-order chi connectivity index (χ0) is 11.2. The van der Waals surface area contributed by atoms with Crippen molar-refractivity contribution in [2.75, 3.05) is 25.2 Å². The molecule has 0 unspecified atom stereocenters. The quantitative estimate of drug-likeness (QED) is 0.480. The third-order valence-electron chi connectivity index (χ3n) is 1.51. The summed E-state index contributed by atoms with van der Waals surface area (Å²) in [6.07, 6.45) is 0.880. The van der Waals surface area contributed by atoms with Gasteiger partial charge in [-0.15, -0.1) is 0 Å². The Bertz CT molecular complexity index is 270. The molecule has 0 spiro atoms. The second-order valence-electron chi connectivity index (χ2n) is 3.01. The fourth-order valence-electron chi connectivity index (χ4n) is 0.727. The van der Waals surface area contributed by atoms with Crippen molar-refractivity contribution in [3.05, 3.63) is 0 Å². The van der Waals surface area contributed by atoms with Crippen molar-refractivity contribution >= 4 is 15.7 Å². The van der Waals surface area contributed by atoms with E-state index in [0.717, 1.165) is 6.26 Å². The lowest BCUT2D eigenvalue weighted by molar-refractivity contribution is -0.122. The van der Waals surface area contributed by atoms with Gasteiger partial charge in [-0.25, -0.2) is 8.42 Å². The van der Waals surface area contributed by atoms with E-state index in [1.807, 2.05) is 0 Å². The third-order valence-corrected chi connectivity index (χ3v) is 2.45. The minimum absolute atomic E-state index is 0.157. The largest absolute Gasteiger partial charge is 0.394 e. The van der Waals surface area contributed by atoms with Gasteiger partial charge in [-0.3, -0.25) is 4.79 Å². The molecule has 0 aromatic carbocycles. The maximum absolute atomic E-state index is 11.0. The Kier molecular flexibility index (Phi) is 5.66. The van der Waals surface area contributed by atoms with Crippen LogP contribution in [0.2, 0.25) is 0 Å². The topological polar surface area (TPSA) is 104 Å². The van der Waals surface area contributed by atoms with Crippen LogP contribution in [0.5, 0.6) is 0 Å². The van der Waals surface area contributed by atoms with Crippen molar-refractivity contribution in [1.82, 2.24) is 5.32 Å². The SMILES string of the molecule is CS(=O)(=O)CCC(=O)NC(CO)CO. The number of aliphatic hydroxyl groups excluding tert-OH is 2. The average Bonchev–Trinajstić information content (AvgIpc) is 2.09. The molecule has 0 aliphatic rings. The minimum Gasteiger partial charge on any atom is -0.394 e. The molecule has 0 aliphatic heterocycles. The normalized spacial score (nSPS) is 11.7. The third kappa shape index (κ3) is 6.81. The Morgan fingerprint density at radius 2 is 1.86 bits per heavy atom. The molecular formula is C7H15NO5S. The van der Waals surface area contributed by atoms with Crippen molar-refractivity contribution in [3.8, 4) is 0 Å². The van der Waals surface area contributed by atoms with Crippen LogP contribution in [0.1, 0.15) is 6.42 Å². The molecular weight excluding hydrogens is 210 g/mol. The Morgan fingerprint density at radius 1 is 1.36 bits per heavy atom. The van der Waals surface area contributed by atoms with Gasteiger partial charge in [0.25, 0.3) is 0 Å². The number of hydrogen-bond donors (Lipinski definition) is 3. The molecule has 84 valence electrons. The molecule has 0 bridgehead atoms. The highest BCUT2D eigenvalue weighted by atomic mass is 32.2. The zero-order valence-electron chi connectivity index (χ0n) is 7.93. The summed E-state index contributed by atoms with van der Waals surface area (Å²) in [6, 6.07) is -0.720. The van der Waals surface area contributed by atoms with Crippen LogP contribution in [-0.2, 0) is 14.6 Å². The average molecular weight is 225 g/mol. The van der Waals surface area contributed by atoms with Gasteiger partial charge in [-0.2, -0.15) is 0 Å². The van der Waals surface area contributed by atoms with Gasteiger partial charge in [-0.05, 0) is 0 Å². The lowest BCUT2D eigenvalue weighted by Gasteiger charge is -2.12. The van der Waals surface area contributed by atoms with Crippen LogP contribution in [0, 0.1) is 0 Å². The van der Waals surface area contributed by atoms with Crippen LogP contribution < -0.4 is 5.32 Å². The summed E-state index contributed by atoms with van der Waals surface area (Å²) in [7, 11) is -3.15. The number of aliphatic hydroxyl groups is 2. The van der Waals surface area contributed by atoms with Gasteiger partial charge in [0.05, 0.1) is 25.0 Å². The number of rotatable bonds is 6. The first kappa shape index (κ1) is 13.3. The van der Waals surface area contributed by atoms with Crippen LogP contribution >= 0.6 is 0 Å². The number of nitrogens with one attached hydrogen (secondary N) is 1. The van der Waals surface area contributed by atoms with Crippen LogP contribution in [0.15, 0.2) is 0 Å². The molecule has 0 saturated heterocycles. The van der Waals surface area contributed by atoms with E-state index in [9.17, 15) is 13.2 Å². The van der Waals surface area contributed by atoms with Gasteiger partial charge >= 0.3 is 0 Å². The molecule has 0 saturated carbocycles. The molecule has 3 N–H and O–H groups in total. The van der Waals surface area contributed by atoms with E-state index in [4.69, 9.17) is 10.2 Å². The molecule has 0 aromatic heterocycles. The summed E-state index contributed by atoms with van der Waals surface area (Å²) in [5.41, 5.74) is 0. The van der Waals surface area contributed by atoms with Crippen molar-refractivity contribution in [2.45, 2.75) is 12.5 Å². The Morgan fingerprint density at radius 3 is 2.21 bits per heavy atom. The van der Waals surface area contributed by atoms with E-state index in [1.54, 1.807) is 0 Å². The van der Waals surface area contributed by atoms with E-state index in [2.05, 4.69) is 5.32 Å².